The van der Waals surface area contributed by atoms with Crippen molar-refractivity contribution < 1.29 is 13.2 Å². The molecule has 15 heavy (non-hydrogen) atoms. The number of nitrogens with one attached hydrogen (secondary N) is 1. The van der Waals surface area contributed by atoms with Crippen LogP contribution < -0.4 is 5.32 Å². The van der Waals surface area contributed by atoms with Crippen molar-refractivity contribution in [2.24, 2.45) is 0 Å². The van der Waals surface area contributed by atoms with E-state index in [2.05, 4.69) is 10.3 Å². The Bertz CT molecular complexity index is 404. The molecule has 0 bridgehead atoms. The molecule has 1 N–H and O–H groups in total. The highest BCUT2D eigenvalue weighted by Gasteiger charge is 2.00. The lowest BCUT2D eigenvalue weighted by Gasteiger charge is -2.02. The molecule has 0 fully saturated rings. The molecule has 1 rings (SSSR count). The third-order valence-corrected chi connectivity index (χ3v) is 2.30. The second kappa shape index (κ2) is 5.45. The van der Waals surface area contributed by atoms with Crippen LogP contribution in [-0.2, 0) is 21.3 Å². The van der Waals surface area contributed by atoms with Crippen LogP contribution in [-0.4, -0.2) is 19.3 Å². The zero-order valence-electron chi connectivity index (χ0n) is 8.27. The molecule has 82 valence electrons. The Morgan fingerprint density at radius 2 is 2.20 bits per heavy atom. The molecule has 6 heteroatoms. The minimum absolute atomic E-state index is 0.0721. The maximum atomic E-state index is 11.0. The maximum absolute atomic E-state index is 11.0. The Hall–Kier alpha value is -1.43. The van der Waals surface area contributed by atoms with Crippen LogP contribution in [0.2, 0.25) is 0 Å². The topological polar surface area (TPSA) is 76.1 Å². The van der Waals surface area contributed by atoms with Crippen LogP contribution in [0.15, 0.2) is 18.3 Å². The Morgan fingerprint density at radius 3 is 2.67 bits per heavy atom. The van der Waals surface area contributed by atoms with Gasteiger partial charge in [0.1, 0.15) is 10.7 Å². The molecule has 0 aliphatic carbocycles. The van der Waals surface area contributed by atoms with E-state index in [0.29, 0.717) is 17.8 Å². The summed E-state index contributed by atoms with van der Waals surface area (Å²) in [5.74, 6) is -0.170. The van der Waals surface area contributed by atoms with Crippen molar-refractivity contribution in [2.45, 2.75) is 19.1 Å². The van der Waals surface area contributed by atoms with Gasteiger partial charge in [-0.3, -0.25) is 9.78 Å². The van der Waals surface area contributed by atoms with Crippen LogP contribution in [0.3, 0.4) is 0 Å². The number of amides is 1. The number of hydrogen-bond acceptors (Lipinski definition) is 4. The molecule has 1 aromatic heterocycles. The van der Waals surface area contributed by atoms with Crippen LogP contribution in [0.5, 0.6) is 0 Å². The van der Waals surface area contributed by atoms with E-state index in [1.165, 1.54) is 6.20 Å². The molecule has 0 aliphatic heterocycles. The van der Waals surface area contributed by atoms with Gasteiger partial charge >= 0.3 is 0 Å². The predicted molar refractivity (Wildman–Crippen MR) is 57.2 cm³/mol. The molecule has 0 unspecified atom stereocenters. The number of carbonyl (C=O) groups excluding carboxylic acids is 1. The highest BCUT2D eigenvalue weighted by molar-refractivity contribution is 7.71. The van der Waals surface area contributed by atoms with E-state index in [0.717, 1.165) is 0 Å². The van der Waals surface area contributed by atoms with Crippen LogP contribution in [0, 0.1) is 0 Å². The van der Waals surface area contributed by atoms with Crippen LogP contribution in [0.4, 0.5) is 5.69 Å². The molecule has 0 radical (unpaired) electrons. The van der Waals surface area contributed by atoms with E-state index in [-0.39, 0.29) is 11.7 Å². The summed E-state index contributed by atoms with van der Waals surface area (Å²) in [7, 11) is -2.46. The minimum atomic E-state index is -2.46. The minimum Gasteiger partial charge on any atom is -0.325 e. The average Bonchev–Trinajstić information content (AvgIpc) is 2.20. The monoisotopic (exact) mass is 228 g/mol. The Balaban J connectivity index is 2.67. The molecular formula is C9H12N2O3S. The van der Waals surface area contributed by atoms with Crippen molar-refractivity contribution in [3.63, 3.8) is 0 Å². The molecule has 1 aromatic rings. The third-order valence-electron chi connectivity index (χ3n) is 1.72. The summed E-state index contributed by atoms with van der Waals surface area (Å²) in [6.45, 7) is 1.75. The fraction of sp³-hybridized carbons (Fsp3) is 0.333. The molecule has 0 aliphatic rings. The molecule has 0 aromatic carbocycles. The summed E-state index contributed by atoms with van der Waals surface area (Å²) in [4.78, 5) is 14.9. The number of aromatic nitrogens is 1. The molecule has 0 saturated carbocycles. The molecule has 1 amide bonds. The van der Waals surface area contributed by atoms with Crippen molar-refractivity contribution in [1.82, 2.24) is 4.98 Å². The van der Waals surface area contributed by atoms with Gasteiger partial charge in [0.25, 0.3) is 0 Å². The molecular weight excluding hydrogens is 216 g/mol. The lowest BCUT2D eigenvalue weighted by molar-refractivity contribution is -0.115. The zero-order valence-corrected chi connectivity index (χ0v) is 9.16. The first-order valence-electron chi connectivity index (χ1n) is 4.48. The SMILES string of the molecule is CCC(=O)Nc1ccc(C[SH](=O)=O)nc1. The van der Waals surface area contributed by atoms with Crippen LogP contribution in [0.25, 0.3) is 0 Å². The highest BCUT2D eigenvalue weighted by Crippen LogP contribution is 2.07. The van der Waals surface area contributed by atoms with Crippen molar-refractivity contribution in [2.75, 3.05) is 5.32 Å². The van der Waals surface area contributed by atoms with E-state index >= 15 is 0 Å². The molecule has 0 spiro atoms. The standard InChI is InChI=1S/C9H12N2O3S/c1-2-9(12)11-7-3-4-8(10-5-7)6-15(13)14/h3-5,15H,2,6H2,1H3,(H,11,12). The Labute approximate surface area is 89.5 Å². The van der Waals surface area contributed by atoms with Gasteiger partial charge in [-0.25, -0.2) is 8.42 Å². The molecule has 5 nitrogen and oxygen atoms in total. The predicted octanol–water partition coefficient (Wildman–Crippen LogP) is 0.542. The van der Waals surface area contributed by atoms with Gasteiger partial charge in [0.2, 0.25) is 5.91 Å². The summed E-state index contributed by atoms with van der Waals surface area (Å²) in [5.41, 5.74) is 1.05. The number of pyridine rings is 1. The van der Waals surface area contributed by atoms with Gasteiger partial charge < -0.3 is 5.32 Å². The van der Waals surface area contributed by atoms with Gasteiger partial charge in [-0.05, 0) is 12.1 Å². The fourth-order valence-corrected chi connectivity index (χ4v) is 1.43. The van der Waals surface area contributed by atoms with Gasteiger partial charge in [0.05, 0.1) is 23.3 Å². The number of anilines is 1. The van der Waals surface area contributed by atoms with E-state index < -0.39 is 10.7 Å². The van der Waals surface area contributed by atoms with E-state index in [1.807, 2.05) is 0 Å². The first kappa shape index (κ1) is 11.6. The smallest absolute Gasteiger partial charge is 0.224 e. The number of rotatable bonds is 4. The van der Waals surface area contributed by atoms with Crippen molar-refractivity contribution in [1.29, 1.82) is 0 Å². The Morgan fingerprint density at radius 1 is 1.47 bits per heavy atom. The fourth-order valence-electron chi connectivity index (χ4n) is 0.974. The van der Waals surface area contributed by atoms with E-state index in [9.17, 15) is 13.2 Å². The Kier molecular flexibility index (Phi) is 4.23. The molecule has 0 atom stereocenters. The third kappa shape index (κ3) is 4.07. The summed E-state index contributed by atoms with van der Waals surface area (Å²) in [6, 6.07) is 3.21. The van der Waals surface area contributed by atoms with Gasteiger partial charge in [-0.2, -0.15) is 0 Å². The zero-order chi connectivity index (χ0) is 11.3. The first-order chi connectivity index (χ1) is 7.11. The number of hydrogen-bond donors (Lipinski definition) is 2. The van der Waals surface area contributed by atoms with E-state index in [1.54, 1.807) is 19.1 Å². The van der Waals surface area contributed by atoms with Gasteiger partial charge in [0.15, 0.2) is 0 Å². The lowest BCUT2D eigenvalue weighted by Crippen LogP contribution is -2.09. The average molecular weight is 228 g/mol. The van der Waals surface area contributed by atoms with Gasteiger partial charge in [-0.15, -0.1) is 0 Å². The van der Waals surface area contributed by atoms with Gasteiger partial charge in [-0.1, -0.05) is 6.92 Å². The number of thiol groups is 1. The largest absolute Gasteiger partial charge is 0.325 e. The number of nitrogens with zero attached hydrogens (tertiary/aromatic N) is 1. The summed E-state index contributed by atoms with van der Waals surface area (Å²) < 4.78 is 20.8. The highest BCUT2D eigenvalue weighted by atomic mass is 32.2. The van der Waals surface area contributed by atoms with Crippen LogP contribution in [0.1, 0.15) is 19.0 Å². The summed E-state index contributed by atoms with van der Waals surface area (Å²) in [5, 5.41) is 2.62. The van der Waals surface area contributed by atoms with Crippen molar-refractivity contribution in [3.8, 4) is 0 Å². The molecule has 0 saturated heterocycles. The van der Waals surface area contributed by atoms with Crippen LogP contribution >= 0.6 is 0 Å². The van der Waals surface area contributed by atoms with Gasteiger partial charge in [0, 0.05) is 6.42 Å². The quantitative estimate of drug-likeness (QED) is 0.737. The summed E-state index contributed by atoms with van der Waals surface area (Å²) in [6.07, 6.45) is 1.84. The maximum Gasteiger partial charge on any atom is 0.224 e. The van der Waals surface area contributed by atoms with Crippen molar-refractivity contribution in [3.05, 3.63) is 24.0 Å². The second-order valence-corrected chi connectivity index (χ2v) is 3.91. The van der Waals surface area contributed by atoms with Crippen molar-refractivity contribution >= 4 is 22.3 Å². The second-order valence-electron chi connectivity index (χ2n) is 2.93. The normalized spacial score (nSPS) is 10.3. The number of carbonyl (C=O) groups is 1. The lowest BCUT2D eigenvalue weighted by atomic mass is 10.3. The molecule has 1 heterocycles. The summed E-state index contributed by atoms with van der Waals surface area (Å²) >= 11 is 0. The van der Waals surface area contributed by atoms with E-state index in [4.69, 9.17) is 0 Å². The first-order valence-corrected chi connectivity index (χ1v) is 5.84.